The minimum atomic E-state index is -0.958. The fraction of sp³-hybridized carbons (Fsp3) is 0.600. The van der Waals surface area contributed by atoms with Crippen LogP contribution in [0.4, 0.5) is 0 Å². The van der Waals surface area contributed by atoms with E-state index in [9.17, 15) is 4.79 Å². The van der Waals surface area contributed by atoms with Crippen LogP contribution in [0.5, 0.6) is 0 Å². The summed E-state index contributed by atoms with van der Waals surface area (Å²) in [5.74, 6) is -0.377. The fourth-order valence-corrected chi connectivity index (χ4v) is 2.29. The van der Waals surface area contributed by atoms with Gasteiger partial charge in [-0.25, -0.2) is 9.78 Å². The van der Waals surface area contributed by atoms with Crippen LogP contribution < -0.4 is 5.32 Å². The Hall–Kier alpha value is -0.980. The Balaban J connectivity index is 1.74. The molecule has 1 atom stereocenters. The van der Waals surface area contributed by atoms with Crippen molar-refractivity contribution in [2.45, 2.75) is 13.0 Å². The number of carbonyl (C=O) groups is 1. The first-order valence-corrected chi connectivity index (χ1v) is 6.10. The molecule has 5 nitrogen and oxygen atoms in total. The zero-order chi connectivity index (χ0) is 11.4. The molecule has 2 heterocycles. The van der Waals surface area contributed by atoms with Crippen LogP contribution in [-0.4, -0.2) is 35.8 Å². The van der Waals surface area contributed by atoms with Crippen molar-refractivity contribution in [3.05, 3.63) is 16.1 Å². The maximum atomic E-state index is 10.6. The van der Waals surface area contributed by atoms with Gasteiger partial charge in [0.15, 0.2) is 0 Å². The van der Waals surface area contributed by atoms with Crippen molar-refractivity contribution >= 4 is 17.3 Å². The van der Waals surface area contributed by atoms with E-state index in [1.54, 1.807) is 5.38 Å². The Morgan fingerprint density at radius 3 is 3.25 bits per heavy atom. The molecule has 0 spiro atoms. The van der Waals surface area contributed by atoms with Crippen molar-refractivity contribution in [2.75, 3.05) is 19.8 Å². The highest BCUT2D eigenvalue weighted by Gasteiger charge is 2.15. The maximum Gasteiger partial charge on any atom is 0.365 e. The molecule has 1 unspecified atom stereocenters. The van der Waals surface area contributed by atoms with Gasteiger partial charge in [0, 0.05) is 25.1 Å². The van der Waals surface area contributed by atoms with Gasteiger partial charge in [0.2, 0.25) is 5.01 Å². The number of ether oxygens (including phenoxy) is 1. The third kappa shape index (κ3) is 3.01. The van der Waals surface area contributed by atoms with E-state index in [0.29, 0.717) is 12.5 Å². The van der Waals surface area contributed by atoms with Crippen molar-refractivity contribution in [1.29, 1.82) is 0 Å². The Labute approximate surface area is 97.5 Å². The number of hydrogen-bond donors (Lipinski definition) is 2. The number of carboxylic acids is 1. The van der Waals surface area contributed by atoms with E-state index in [0.717, 1.165) is 43.2 Å². The van der Waals surface area contributed by atoms with Gasteiger partial charge >= 0.3 is 5.97 Å². The predicted octanol–water partition coefficient (Wildman–Crippen LogP) is 0.967. The molecule has 16 heavy (non-hydrogen) atoms. The molecule has 1 aromatic heterocycles. The summed E-state index contributed by atoms with van der Waals surface area (Å²) in [6.45, 7) is 3.21. The normalized spacial score (nSPS) is 20.1. The molecule has 0 aromatic carbocycles. The zero-order valence-corrected chi connectivity index (χ0v) is 9.63. The molecule has 1 saturated heterocycles. The molecule has 6 heteroatoms. The molecule has 0 radical (unpaired) electrons. The van der Waals surface area contributed by atoms with Gasteiger partial charge in [-0.3, -0.25) is 0 Å². The molecule has 88 valence electrons. The number of aromatic carboxylic acids is 1. The van der Waals surface area contributed by atoms with E-state index in [4.69, 9.17) is 9.84 Å². The summed E-state index contributed by atoms with van der Waals surface area (Å²) >= 11 is 1.16. The van der Waals surface area contributed by atoms with Crippen LogP contribution in [0.1, 0.15) is 21.9 Å². The summed E-state index contributed by atoms with van der Waals surface area (Å²) in [5.41, 5.74) is 0.793. The van der Waals surface area contributed by atoms with Gasteiger partial charge in [0.05, 0.1) is 12.3 Å². The number of thiazole rings is 1. The van der Waals surface area contributed by atoms with Gasteiger partial charge in [-0.15, -0.1) is 11.3 Å². The number of nitrogens with one attached hydrogen (secondary N) is 1. The number of aromatic nitrogens is 1. The first-order chi connectivity index (χ1) is 7.75. The van der Waals surface area contributed by atoms with Gasteiger partial charge in [0.25, 0.3) is 0 Å². The highest BCUT2D eigenvalue weighted by molar-refractivity contribution is 7.11. The SMILES string of the molecule is O=C(O)c1nc(CNCC2CCOC2)cs1. The largest absolute Gasteiger partial charge is 0.476 e. The van der Waals surface area contributed by atoms with Crippen molar-refractivity contribution in [3.8, 4) is 0 Å². The molecule has 0 bridgehead atoms. The summed E-state index contributed by atoms with van der Waals surface area (Å²) < 4.78 is 5.26. The lowest BCUT2D eigenvalue weighted by molar-refractivity contribution is 0.0696. The van der Waals surface area contributed by atoms with Crippen molar-refractivity contribution in [3.63, 3.8) is 0 Å². The summed E-state index contributed by atoms with van der Waals surface area (Å²) in [5, 5.41) is 13.9. The maximum absolute atomic E-state index is 10.6. The van der Waals surface area contributed by atoms with Crippen LogP contribution >= 0.6 is 11.3 Å². The van der Waals surface area contributed by atoms with Crippen molar-refractivity contribution in [2.24, 2.45) is 5.92 Å². The van der Waals surface area contributed by atoms with Crippen molar-refractivity contribution in [1.82, 2.24) is 10.3 Å². The Kier molecular flexibility index (Phi) is 3.87. The van der Waals surface area contributed by atoms with Crippen LogP contribution in [0.15, 0.2) is 5.38 Å². The summed E-state index contributed by atoms with van der Waals surface area (Å²) in [6.07, 6.45) is 1.10. The van der Waals surface area contributed by atoms with Gasteiger partial charge in [0.1, 0.15) is 0 Å². The topological polar surface area (TPSA) is 71.5 Å². The Morgan fingerprint density at radius 1 is 1.75 bits per heavy atom. The lowest BCUT2D eigenvalue weighted by atomic mass is 10.1. The van der Waals surface area contributed by atoms with E-state index >= 15 is 0 Å². The quantitative estimate of drug-likeness (QED) is 0.805. The number of hydrogen-bond acceptors (Lipinski definition) is 5. The number of carboxylic acid groups (broad SMARTS) is 1. The summed E-state index contributed by atoms with van der Waals surface area (Å²) in [6, 6.07) is 0. The molecule has 1 fully saturated rings. The average Bonchev–Trinajstić information content (AvgIpc) is 2.87. The summed E-state index contributed by atoms with van der Waals surface area (Å²) in [4.78, 5) is 14.6. The number of nitrogens with zero attached hydrogens (tertiary/aromatic N) is 1. The van der Waals surface area contributed by atoms with Crippen LogP contribution in [0.25, 0.3) is 0 Å². The first kappa shape index (κ1) is 11.5. The molecule has 2 rings (SSSR count). The monoisotopic (exact) mass is 242 g/mol. The lowest BCUT2D eigenvalue weighted by Gasteiger charge is -2.07. The first-order valence-electron chi connectivity index (χ1n) is 5.22. The minimum Gasteiger partial charge on any atom is -0.476 e. The molecular weight excluding hydrogens is 228 g/mol. The van der Waals surface area contributed by atoms with Crippen LogP contribution in [0.2, 0.25) is 0 Å². The van der Waals surface area contributed by atoms with E-state index < -0.39 is 5.97 Å². The second kappa shape index (κ2) is 5.38. The minimum absolute atomic E-state index is 0.154. The third-order valence-corrected chi connectivity index (χ3v) is 3.38. The van der Waals surface area contributed by atoms with Crippen LogP contribution in [0, 0.1) is 5.92 Å². The van der Waals surface area contributed by atoms with Gasteiger partial charge < -0.3 is 15.2 Å². The lowest BCUT2D eigenvalue weighted by Crippen LogP contribution is -2.22. The highest BCUT2D eigenvalue weighted by Crippen LogP contribution is 2.12. The second-order valence-electron chi connectivity index (χ2n) is 3.81. The van der Waals surface area contributed by atoms with Crippen LogP contribution in [0.3, 0.4) is 0 Å². The predicted molar refractivity (Wildman–Crippen MR) is 59.7 cm³/mol. The molecule has 1 aliphatic rings. The van der Waals surface area contributed by atoms with E-state index in [1.165, 1.54) is 0 Å². The van der Waals surface area contributed by atoms with Gasteiger partial charge in [-0.05, 0) is 12.3 Å². The smallest absolute Gasteiger partial charge is 0.365 e. The zero-order valence-electron chi connectivity index (χ0n) is 8.81. The van der Waals surface area contributed by atoms with Crippen molar-refractivity contribution < 1.29 is 14.6 Å². The summed E-state index contributed by atoms with van der Waals surface area (Å²) in [7, 11) is 0. The highest BCUT2D eigenvalue weighted by atomic mass is 32.1. The molecule has 0 aliphatic carbocycles. The Morgan fingerprint density at radius 2 is 2.62 bits per heavy atom. The molecule has 1 aromatic rings. The number of rotatable bonds is 5. The fourth-order valence-electron chi connectivity index (χ4n) is 1.64. The third-order valence-electron chi connectivity index (χ3n) is 2.50. The molecule has 2 N–H and O–H groups in total. The van der Waals surface area contributed by atoms with Gasteiger partial charge in [-0.2, -0.15) is 0 Å². The van der Waals surface area contributed by atoms with E-state index in [2.05, 4.69) is 10.3 Å². The van der Waals surface area contributed by atoms with E-state index in [-0.39, 0.29) is 5.01 Å². The molecule has 1 aliphatic heterocycles. The molecule has 0 amide bonds. The van der Waals surface area contributed by atoms with Gasteiger partial charge in [-0.1, -0.05) is 0 Å². The second-order valence-corrected chi connectivity index (χ2v) is 4.67. The molecular formula is C10H14N2O3S. The molecule has 0 saturated carbocycles. The van der Waals surface area contributed by atoms with E-state index in [1.807, 2.05) is 0 Å². The standard InChI is InChI=1S/C10H14N2O3S/c13-10(14)9-12-8(6-16-9)4-11-3-7-1-2-15-5-7/h6-7,11H,1-5H2,(H,13,14). The van der Waals surface area contributed by atoms with Crippen LogP contribution in [-0.2, 0) is 11.3 Å². The Bertz CT molecular complexity index is 361. The average molecular weight is 242 g/mol.